The summed E-state index contributed by atoms with van der Waals surface area (Å²) in [5, 5.41) is 30.1. The van der Waals surface area contributed by atoms with Crippen LogP contribution >= 0.6 is 0 Å². The number of nitrogens with one attached hydrogen (secondary N) is 2. The molecule has 23 heavy (non-hydrogen) atoms. The topological polar surface area (TPSA) is 136 Å². The van der Waals surface area contributed by atoms with Gasteiger partial charge in [0.1, 0.15) is 6.04 Å². The number of rotatable bonds is 9. The van der Waals surface area contributed by atoms with E-state index in [1.807, 2.05) is 30.3 Å². The standard InChI is InChI=1S/C10H13NO2.C5H9NO4/c1-11-9(10(12)13)7-8-5-3-2-4-6-8;7-4(8)1-2-6-3-5(9)10/h2-6,9,11H,7H2,1H3,(H,12,13);6H,1-3H2,(H,7,8)(H,9,10)/t9-;/m1./s1. The van der Waals surface area contributed by atoms with Gasteiger partial charge < -0.3 is 26.0 Å². The zero-order valence-electron chi connectivity index (χ0n) is 12.9. The van der Waals surface area contributed by atoms with Gasteiger partial charge in [-0.3, -0.25) is 14.4 Å². The van der Waals surface area contributed by atoms with Gasteiger partial charge in [0.2, 0.25) is 0 Å². The molecule has 0 bridgehead atoms. The molecule has 0 fully saturated rings. The maximum absolute atomic E-state index is 10.7. The van der Waals surface area contributed by atoms with Crippen LogP contribution in [0.5, 0.6) is 0 Å². The first kappa shape index (κ1) is 20.6. The van der Waals surface area contributed by atoms with E-state index in [9.17, 15) is 14.4 Å². The van der Waals surface area contributed by atoms with Gasteiger partial charge in [0, 0.05) is 6.54 Å². The summed E-state index contributed by atoms with van der Waals surface area (Å²) in [6, 6.07) is 9.08. The number of carbonyl (C=O) groups is 3. The lowest BCUT2D eigenvalue weighted by molar-refractivity contribution is -0.139. The molecule has 0 aliphatic carbocycles. The summed E-state index contributed by atoms with van der Waals surface area (Å²) in [7, 11) is 1.65. The molecule has 8 heteroatoms. The third kappa shape index (κ3) is 11.8. The van der Waals surface area contributed by atoms with E-state index in [0.717, 1.165) is 5.56 Å². The normalized spacial score (nSPS) is 11.0. The molecule has 128 valence electrons. The summed E-state index contributed by atoms with van der Waals surface area (Å²) in [6.07, 6.45) is 0.472. The number of hydrogen-bond acceptors (Lipinski definition) is 5. The van der Waals surface area contributed by atoms with Crippen LogP contribution in [0.25, 0.3) is 0 Å². The predicted molar refractivity (Wildman–Crippen MR) is 83.4 cm³/mol. The third-order valence-electron chi connectivity index (χ3n) is 2.72. The monoisotopic (exact) mass is 326 g/mol. The number of aliphatic carboxylic acids is 3. The maximum Gasteiger partial charge on any atom is 0.321 e. The van der Waals surface area contributed by atoms with Crippen LogP contribution in [-0.2, 0) is 20.8 Å². The van der Waals surface area contributed by atoms with Gasteiger partial charge in [0.25, 0.3) is 0 Å². The second-order valence-corrected chi connectivity index (χ2v) is 4.58. The fourth-order valence-corrected chi connectivity index (χ4v) is 1.55. The Bertz CT molecular complexity index is 476. The van der Waals surface area contributed by atoms with Crippen LogP contribution < -0.4 is 10.6 Å². The summed E-state index contributed by atoms with van der Waals surface area (Å²) in [6.45, 7) is 0.00884. The first-order valence-electron chi connectivity index (χ1n) is 6.95. The number of carboxylic acids is 3. The number of carboxylic acid groups (broad SMARTS) is 3. The van der Waals surface area contributed by atoms with Gasteiger partial charge in [-0.2, -0.15) is 0 Å². The van der Waals surface area contributed by atoms with Gasteiger partial charge in [-0.15, -0.1) is 0 Å². The van der Waals surface area contributed by atoms with Crippen molar-refractivity contribution in [3.63, 3.8) is 0 Å². The molecule has 0 aromatic heterocycles. The lowest BCUT2D eigenvalue weighted by atomic mass is 10.1. The van der Waals surface area contributed by atoms with E-state index in [1.165, 1.54) is 0 Å². The van der Waals surface area contributed by atoms with Crippen molar-refractivity contribution in [2.75, 3.05) is 20.1 Å². The van der Waals surface area contributed by atoms with Crippen LogP contribution in [0, 0.1) is 0 Å². The van der Waals surface area contributed by atoms with Crippen molar-refractivity contribution in [2.45, 2.75) is 18.9 Å². The van der Waals surface area contributed by atoms with Crippen molar-refractivity contribution < 1.29 is 29.7 Å². The van der Waals surface area contributed by atoms with Crippen LogP contribution in [-0.4, -0.2) is 59.4 Å². The molecule has 0 amide bonds. The van der Waals surface area contributed by atoms with Crippen molar-refractivity contribution >= 4 is 17.9 Å². The highest BCUT2D eigenvalue weighted by molar-refractivity contribution is 5.73. The molecule has 0 radical (unpaired) electrons. The Balaban J connectivity index is 0.000000438. The predicted octanol–water partition coefficient (Wildman–Crippen LogP) is 0.0370. The molecular weight excluding hydrogens is 304 g/mol. The molecule has 1 aromatic carbocycles. The van der Waals surface area contributed by atoms with Gasteiger partial charge in [0.15, 0.2) is 0 Å². The quantitative estimate of drug-likeness (QED) is 0.401. The van der Waals surface area contributed by atoms with Gasteiger partial charge in [-0.05, 0) is 19.0 Å². The summed E-state index contributed by atoms with van der Waals surface area (Å²) < 4.78 is 0. The fourth-order valence-electron chi connectivity index (χ4n) is 1.55. The summed E-state index contributed by atoms with van der Waals surface area (Å²) in [5.41, 5.74) is 1.03. The first-order valence-corrected chi connectivity index (χ1v) is 6.95. The van der Waals surface area contributed by atoms with E-state index in [4.69, 9.17) is 15.3 Å². The highest BCUT2D eigenvalue weighted by Gasteiger charge is 2.14. The zero-order valence-corrected chi connectivity index (χ0v) is 12.9. The van der Waals surface area contributed by atoms with Gasteiger partial charge in [0.05, 0.1) is 13.0 Å². The lowest BCUT2D eigenvalue weighted by Crippen LogP contribution is -2.35. The Labute approximate surface area is 134 Å². The second-order valence-electron chi connectivity index (χ2n) is 4.58. The van der Waals surface area contributed by atoms with Gasteiger partial charge in [-0.1, -0.05) is 30.3 Å². The van der Waals surface area contributed by atoms with E-state index >= 15 is 0 Å². The highest BCUT2D eigenvalue weighted by Crippen LogP contribution is 2.02. The first-order chi connectivity index (χ1) is 10.9. The number of hydrogen-bond donors (Lipinski definition) is 5. The molecular formula is C15H22N2O6. The zero-order chi connectivity index (χ0) is 17.7. The van der Waals surface area contributed by atoms with Gasteiger partial charge >= 0.3 is 17.9 Å². The number of likely N-dealkylation sites (N-methyl/N-ethyl adjacent to an activating group) is 1. The third-order valence-corrected chi connectivity index (χ3v) is 2.72. The van der Waals surface area contributed by atoms with Crippen molar-refractivity contribution in [1.82, 2.24) is 10.6 Å². The summed E-state index contributed by atoms with van der Waals surface area (Å²) in [4.78, 5) is 30.4. The second kappa shape index (κ2) is 12.1. The van der Waals surface area contributed by atoms with Crippen LogP contribution in [0.1, 0.15) is 12.0 Å². The van der Waals surface area contributed by atoms with Crippen molar-refractivity contribution in [1.29, 1.82) is 0 Å². The molecule has 8 nitrogen and oxygen atoms in total. The Morgan fingerprint density at radius 2 is 1.65 bits per heavy atom. The smallest absolute Gasteiger partial charge is 0.321 e. The van der Waals surface area contributed by atoms with E-state index in [1.54, 1.807) is 7.05 Å². The number of benzene rings is 1. The molecule has 1 atom stereocenters. The van der Waals surface area contributed by atoms with E-state index in [0.29, 0.717) is 6.42 Å². The molecule has 5 N–H and O–H groups in total. The van der Waals surface area contributed by atoms with E-state index < -0.39 is 23.9 Å². The van der Waals surface area contributed by atoms with E-state index in [-0.39, 0.29) is 19.5 Å². The van der Waals surface area contributed by atoms with Crippen LogP contribution in [0.15, 0.2) is 30.3 Å². The largest absolute Gasteiger partial charge is 0.481 e. The minimum atomic E-state index is -0.981. The maximum atomic E-state index is 10.7. The summed E-state index contributed by atoms with van der Waals surface area (Å²) >= 11 is 0. The van der Waals surface area contributed by atoms with E-state index in [2.05, 4.69) is 10.6 Å². The van der Waals surface area contributed by atoms with Gasteiger partial charge in [-0.25, -0.2) is 0 Å². The molecule has 1 aromatic rings. The molecule has 0 unspecified atom stereocenters. The molecule has 1 rings (SSSR count). The minimum Gasteiger partial charge on any atom is -0.481 e. The Morgan fingerprint density at radius 3 is 2.09 bits per heavy atom. The summed E-state index contributed by atoms with van der Waals surface area (Å²) in [5.74, 6) is -2.73. The minimum absolute atomic E-state index is 0.0483. The fraction of sp³-hybridized carbons (Fsp3) is 0.400. The molecule has 0 saturated carbocycles. The molecule has 0 heterocycles. The molecule has 0 spiro atoms. The van der Waals surface area contributed by atoms with Crippen molar-refractivity contribution in [3.05, 3.63) is 35.9 Å². The Kier molecular flexibility index (Phi) is 10.8. The van der Waals surface area contributed by atoms with Crippen LogP contribution in [0.4, 0.5) is 0 Å². The Hall–Kier alpha value is -2.45. The molecule has 0 aliphatic heterocycles. The SMILES string of the molecule is CN[C@H](Cc1ccccc1)C(=O)O.O=C(O)CCNCC(=O)O. The molecule has 0 aliphatic rings. The highest BCUT2D eigenvalue weighted by atomic mass is 16.4. The average molecular weight is 326 g/mol. The lowest BCUT2D eigenvalue weighted by Gasteiger charge is -2.10. The van der Waals surface area contributed by atoms with Crippen LogP contribution in [0.3, 0.4) is 0 Å². The molecule has 0 saturated heterocycles. The average Bonchev–Trinajstić information content (AvgIpc) is 2.50. The van der Waals surface area contributed by atoms with Crippen molar-refractivity contribution in [3.8, 4) is 0 Å². The van der Waals surface area contributed by atoms with Crippen molar-refractivity contribution in [2.24, 2.45) is 0 Å². The van der Waals surface area contributed by atoms with Crippen LogP contribution in [0.2, 0.25) is 0 Å². The Morgan fingerprint density at radius 1 is 1.04 bits per heavy atom.